The van der Waals surface area contributed by atoms with Crippen molar-refractivity contribution in [1.29, 1.82) is 0 Å². The molecule has 24 heavy (non-hydrogen) atoms. The van der Waals surface area contributed by atoms with Crippen LogP contribution in [0.15, 0.2) is 28.7 Å². The van der Waals surface area contributed by atoms with Crippen molar-refractivity contribution in [2.24, 2.45) is 5.41 Å². The van der Waals surface area contributed by atoms with Gasteiger partial charge in [0, 0.05) is 12.0 Å². The number of nitrogens with one attached hydrogen (secondary N) is 1. The minimum absolute atomic E-state index is 0.240. The number of benzene rings is 1. The number of para-hydroxylation sites is 2. The molecule has 1 spiro atoms. The number of hydrogen-bond acceptors (Lipinski definition) is 4. The average Bonchev–Trinajstić information content (AvgIpc) is 2.80. The highest BCUT2D eigenvalue weighted by atomic mass is 16.6. The molecule has 1 aromatic heterocycles. The number of rotatable bonds is 2. The van der Waals surface area contributed by atoms with Crippen LogP contribution in [0.1, 0.15) is 58.3 Å². The Morgan fingerprint density at radius 1 is 1.25 bits per heavy atom. The van der Waals surface area contributed by atoms with E-state index >= 15 is 0 Å². The Balaban J connectivity index is 1.29. The fourth-order valence-electron chi connectivity index (χ4n) is 4.12. The van der Waals surface area contributed by atoms with Crippen LogP contribution in [0, 0.1) is 5.41 Å². The van der Waals surface area contributed by atoms with E-state index in [2.05, 4.69) is 10.3 Å². The molecule has 2 aromatic rings. The Bertz CT molecular complexity index is 727. The number of oxazole rings is 1. The molecule has 1 aromatic carbocycles. The number of carbonyl (C=O) groups is 1. The summed E-state index contributed by atoms with van der Waals surface area (Å²) in [5.74, 6) is 1.28. The molecular weight excluding hydrogens is 304 g/mol. The van der Waals surface area contributed by atoms with Gasteiger partial charge in [0.1, 0.15) is 11.1 Å². The monoisotopic (exact) mass is 328 g/mol. The van der Waals surface area contributed by atoms with E-state index in [1.54, 1.807) is 0 Å². The van der Waals surface area contributed by atoms with E-state index in [-0.39, 0.29) is 12.1 Å². The summed E-state index contributed by atoms with van der Waals surface area (Å²) < 4.78 is 11.2. The third kappa shape index (κ3) is 2.87. The molecule has 2 fully saturated rings. The quantitative estimate of drug-likeness (QED) is 0.888. The molecule has 0 aliphatic heterocycles. The second kappa shape index (κ2) is 5.23. The van der Waals surface area contributed by atoms with Gasteiger partial charge in [-0.3, -0.25) is 0 Å². The molecule has 5 heteroatoms. The molecule has 2 saturated carbocycles. The zero-order chi connectivity index (χ0) is 16.9. The smallest absolute Gasteiger partial charge is 0.407 e. The number of alkyl carbamates (subject to hydrolysis) is 1. The molecular formula is C19H24N2O3. The summed E-state index contributed by atoms with van der Waals surface area (Å²) in [7, 11) is 0. The zero-order valence-electron chi connectivity index (χ0n) is 14.5. The summed E-state index contributed by atoms with van der Waals surface area (Å²) >= 11 is 0. The molecule has 0 bridgehead atoms. The van der Waals surface area contributed by atoms with Crippen LogP contribution in [-0.2, 0) is 4.74 Å². The van der Waals surface area contributed by atoms with Gasteiger partial charge in [0.25, 0.3) is 0 Å². The third-order valence-electron chi connectivity index (χ3n) is 5.10. The van der Waals surface area contributed by atoms with Crippen LogP contribution < -0.4 is 5.32 Å². The molecule has 0 radical (unpaired) electrons. The maximum Gasteiger partial charge on any atom is 0.407 e. The summed E-state index contributed by atoms with van der Waals surface area (Å²) in [5.41, 5.74) is 1.73. The number of ether oxygens (including phenoxy) is 1. The first kappa shape index (κ1) is 15.5. The van der Waals surface area contributed by atoms with E-state index in [1.165, 1.54) is 0 Å². The summed E-state index contributed by atoms with van der Waals surface area (Å²) in [4.78, 5) is 16.4. The molecule has 1 N–H and O–H groups in total. The van der Waals surface area contributed by atoms with Crippen molar-refractivity contribution in [3.63, 3.8) is 0 Å². The van der Waals surface area contributed by atoms with E-state index in [0.717, 1.165) is 42.7 Å². The molecule has 0 unspecified atom stereocenters. The lowest BCUT2D eigenvalue weighted by atomic mass is 9.50. The second-order valence-corrected chi connectivity index (χ2v) is 8.38. The Hall–Kier alpha value is -2.04. The molecule has 4 rings (SSSR count). The average molecular weight is 328 g/mol. The molecule has 0 atom stereocenters. The number of aromatic nitrogens is 1. The topological polar surface area (TPSA) is 64.4 Å². The first-order valence-electron chi connectivity index (χ1n) is 8.67. The van der Waals surface area contributed by atoms with Crippen LogP contribution in [0.2, 0.25) is 0 Å². The number of carbonyl (C=O) groups excluding carboxylic acids is 1. The lowest BCUT2D eigenvalue weighted by Crippen LogP contribution is -2.56. The Labute approximate surface area is 141 Å². The van der Waals surface area contributed by atoms with E-state index in [4.69, 9.17) is 9.15 Å². The van der Waals surface area contributed by atoms with Crippen molar-refractivity contribution < 1.29 is 13.9 Å². The SMILES string of the molecule is CC(C)(C)OC(=O)NC1CC2(C1)CC(c1nc3ccccc3o1)C2. The van der Waals surface area contributed by atoms with Gasteiger partial charge < -0.3 is 14.5 Å². The van der Waals surface area contributed by atoms with Crippen molar-refractivity contribution in [3.05, 3.63) is 30.2 Å². The van der Waals surface area contributed by atoms with E-state index < -0.39 is 5.60 Å². The van der Waals surface area contributed by atoms with Gasteiger partial charge in [0.05, 0.1) is 0 Å². The summed E-state index contributed by atoms with van der Waals surface area (Å²) in [6.45, 7) is 5.64. The first-order chi connectivity index (χ1) is 11.3. The lowest BCUT2D eigenvalue weighted by molar-refractivity contribution is -0.0311. The summed E-state index contributed by atoms with van der Waals surface area (Å²) in [5, 5.41) is 2.97. The van der Waals surface area contributed by atoms with Crippen molar-refractivity contribution in [1.82, 2.24) is 10.3 Å². The Kier molecular flexibility index (Phi) is 3.37. The maximum atomic E-state index is 11.8. The highest BCUT2D eigenvalue weighted by Crippen LogP contribution is 2.61. The van der Waals surface area contributed by atoms with Gasteiger partial charge in [-0.2, -0.15) is 0 Å². The highest BCUT2D eigenvalue weighted by molar-refractivity contribution is 5.72. The van der Waals surface area contributed by atoms with Crippen molar-refractivity contribution in [2.45, 2.75) is 64.0 Å². The van der Waals surface area contributed by atoms with E-state index in [9.17, 15) is 4.79 Å². The van der Waals surface area contributed by atoms with Crippen molar-refractivity contribution >= 4 is 17.2 Å². The van der Waals surface area contributed by atoms with Gasteiger partial charge >= 0.3 is 6.09 Å². The third-order valence-corrected chi connectivity index (χ3v) is 5.10. The van der Waals surface area contributed by atoms with Gasteiger partial charge in [-0.05, 0) is 64.0 Å². The minimum Gasteiger partial charge on any atom is -0.444 e. The largest absolute Gasteiger partial charge is 0.444 e. The second-order valence-electron chi connectivity index (χ2n) is 8.38. The number of hydrogen-bond donors (Lipinski definition) is 1. The predicted molar refractivity (Wildman–Crippen MR) is 90.8 cm³/mol. The normalized spacial score (nSPS) is 29.1. The molecule has 2 aliphatic carbocycles. The summed E-state index contributed by atoms with van der Waals surface area (Å²) in [6.07, 6.45) is 3.96. The molecule has 5 nitrogen and oxygen atoms in total. The fourth-order valence-corrected chi connectivity index (χ4v) is 4.12. The van der Waals surface area contributed by atoms with Crippen LogP contribution in [0.5, 0.6) is 0 Å². The standard InChI is InChI=1S/C19H24N2O3/c1-18(2,3)24-17(22)20-13-10-19(11-13)8-12(9-19)16-21-14-6-4-5-7-15(14)23-16/h4-7,12-13H,8-11H2,1-3H3,(H,20,22). The van der Waals surface area contributed by atoms with Crippen molar-refractivity contribution in [3.8, 4) is 0 Å². The minimum atomic E-state index is -0.444. The van der Waals surface area contributed by atoms with Gasteiger partial charge in [0.15, 0.2) is 11.5 Å². The van der Waals surface area contributed by atoms with Gasteiger partial charge in [-0.25, -0.2) is 9.78 Å². The molecule has 2 aliphatic rings. The van der Waals surface area contributed by atoms with Crippen LogP contribution in [0.25, 0.3) is 11.1 Å². The van der Waals surface area contributed by atoms with Gasteiger partial charge in [0.2, 0.25) is 0 Å². The Morgan fingerprint density at radius 3 is 2.62 bits per heavy atom. The van der Waals surface area contributed by atoms with Crippen LogP contribution >= 0.6 is 0 Å². The van der Waals surface area contributed by atoms with E-state index in [1.807, 2.05) is 45.0 Å². The van der Waals surface area contributed by atoms with Crippen molar-refractivity contribution in [2.75, 3.05) is 0 Å². The number of amides is 1. The molecule has 0 saturated heterocycles. The van der Waals surface area contributed by atoms with E-state index in [0.29, 0.717) is 11.3 Å². The Morgan fingerprint density at radius 2 is 1.96 bits per heavy atom. The number of fused-ring (bicyclic) bond motifs is 1. The predicted octanol–water partition coefficient (Wildman–Crippen LogP) is 4.38. The highest BCUT2D eigenvalue weighted by Gasteiger charge is 2.54. The lowest BCUT2D eigenvalue weighted by Gasteiger charge is -2.56. The van der Waals surface area contributed by atoms with Crippen LogP contribution in [-0.4, -0.2) is 22.7 Å². The number of nitrogens with zero attached hydrogens (tertiary/aromatic N) is 1. The fraction of sp³-hybridized carbons (Fsp3) is 0.579. The first-order valence-corrected chi connectivity index (χ1v) is 8.67. The molecule has 1 heterocycles. The van der Waals surface area contributed by atoms with Crippen LogP contribution in [0.3, 0.4) is 0 Å². The summed E-state index contributed by atoms with van der Waals surface area (Å²) in [6, 6.07) is 8.14. The molecule has 128 valence electrons. The van der Waals surface area contributed by atoms with Crippen LogP contribution in [0.4, 0.5) is 4.79 Å². The van der Waals surface area contributed by atoms with Gasteiger partial charge in [-0.15, -0.1) is 0 Å². The maximum absolute atomic E-state index is 11.8. The van der Waals surface area contributed by atoms with Gasteiger partial charge in [-0.1, -0.05) is 12.1 Å². The molecule has 1 amide bonds. The zero-order valence-corrected chi connectivity index (χ0v) is 14.5.